The maximum atomic E-state index is 11.9. The SMILES string of the molecule is O=C1C=CC2=N[C@]34CCCC[C@@H]3CC3=C(CCCC3)N4C2=C1. The quantitative estimate of drug-likeness (QED) is 0.635. The van der Waals surface area contributed by atoms with E-state index < -0.39 is 0 Å². The Balaban J connectivity index is 1.71. The molecule has 2 heterocycles. The summed E-state index contributed by atoms with van der Waals surface area (Å²) in [7, 11) is 0. The van der Waals surface area contributed by atoms with Crippen LogP contribution >= 0.6 is 0 Å². The van der Waals surface area contributed by atoms with Gasteiger partial charge in [0.1, 0.15) is 5.66 Å². The summed E-state index contributed by atoms with van der Waals surface area (Å²) >= 11 is 0. The monoisotopic (exact) mass is 294 g/mol. The van der Waals surface area contributed by atoms with E-state index >= 15 is 0 Å². The summed E-state index contributed by atoms with van der Waals surface area (Å²) in [6.07, 6.45) is 16.8. The van der Waals surface area contributed by atoms with E-state index in [4.69, 9.17) is 4.99 Å². The highest BCUT2D eigenvalue weighted by molar-refractivity contribution is 6.20. The zero-order valence-corrected chi connectivity index (χ0v) is 13.0. The predicted molar refractivity (Wildman–Crippen MR) is 86.3 cm³/mol. The van der Waals surface area contributed by atoms with Crippen LogP contribution in [0.15, 0.2) is 40.2 Å². The minimum atomic E-state index is -0.0649. The van der Waals surface area contributed by atoms with Gasteiger partial charge in [-0.25, -0.2) is 0 Å². The van der Waals surface area contributed by atoms with Crippen molar-refractivity contribution in [3.8, 4) is 0 Å². The molecule has 5 aliphatic rings. The Morgan fingerprint density at radius 3 is 3.00 bits per heavy atom. The second-order valence-corrected chi connectivity index (χ2v) is 7.38. The largest absolute Gasteiger partial charge is 0.318 e. The number of ketones is 1. The number of fused-ring (bicyclic) bond motifs is 3. The second kappa shape index (κ2) is 4.43. The Kier molecular flexibility index (Phi) is 2.59. The highest BCUT2D eigenvalue weighted by atomic mass is 16.1. The number of rotatable bonds is 0. The molecule has 0 radical (unpaired) electrons. The lowest BCUT2D eigenvalue weighted by Gasteiger charge is -2.52. The number of nitrogens with zero attached hydrogens (tertiary/aromatic N) is 2. The highest BCUT2D eigenvalue weighted by Crippen LogP contribution is 2.55. The minimum absolute atomic E-state index is 0.0649. The summed E-state index contributed by atoms with van der Waals surface area (Å²) in [6, 6.07) is 0. The van der Waals surface area contributed by atoms with E-state index in [1.54, 1.807) is 11.6 Å². The van der Waals surface area contributed by atoms with E-state index in [-0.39, 0.29) is 11.4 Å². The minimum Gasteiger partial charge on any atom is -0.318 e. The molecule has 0 amide bonds. The highest BCUT2D eigenvalue weighted by Gasteiger charge is 2.55. The van der Waals surface area contributed by atoms with Crippen LogP contribution in [0.5, 0.6) is 0 Å². The summed E-state index contributed by atoms with van der Waals surface area (Å²) in [5.74, 6) is 0.752. The van der Waals surface area contributed by atoms with Gasteiger partial charge >= 0.3 is 0 Å². The van der Waals surface area contributed by atoms with Crippen LogP contribution in [0.4, 0.5) is 0 Å². The van der Waals surface area contributed by atoms with Gasteiger partial charge in [0.05, 0.1) is 11.4 Å². The maximum Gasteiger partial charge on any atom is 0.180 e. The van der Waals surface area contributed by atoms with Crippen molar-refractivity contribution in [3.63, 3.8) is 0 Å². The Morgan fingerprint density at radius 1 is 1.14 bits per heavy atom. The summed E-state index contributed by atoms with van der Waals surface area (Å²) in [5, 5.41) is 0. The van der Waals surface area contributed by atoms with Gasteiger partial charge in [0.25, 0.3) is 0 Å². The van der Waals surface area contributed by atoms with Crippen molar-refractivity contribution in [1.82, 2.24) is 4.90 Å². The van der Waals surface area contributed by atoms with Crippen LogP contribution in [0.25, 0.3) is 0 Å². The number of aliphatic imine (C=N–C) groups is 1. The normalized spacial score (nSPS) is 36.3. The zero-order chi connectivity index (χ0) is 14.7. The molecule has 2 aliphatic heterocycles. The average Bonchev–Trinajstić information content (AvgIpc) is 2.86. The molecule has 0 aromatic heterocycles. The van der Waals surface area contributed by atoms with Crippen LogP contribution in [-0.2, 0) is 4.79 Å². The lowest BCUT2D eigenvalue weighted by atomic mass is 9.70. The van der Waals surface area contributed by atoms with Crippen molar-refractivity contribution in [2.75, 3.05) is 0 Å². The molecule has 3 nitrogen and oxygen atoms in total. The van der Waals surface area contributed by atoms with E-state index in [9.17, 15) is 4.79 Å². The molecule has 1 fully saturated rings. The Hall–Kier alpha value is -1.64. The van der Waals surface area contributed by atoms with Gasteiger partial charge < -0.3 is 4.90 Å². The van der Waals surface area contributed by atoms with Crippen molar-refractivity contribution < 1.29 is 4.79 Å². The number of hydrogen-bond acceptors (Lipinski definition) is 3. The Bertz CT molecular complexity index is 682. The van der Waals surface area contributed by atoms with Gasteiger partial charge in [0.15, 0.2) is 5.78 Å². The van der Waals surface area contributed by atoms with Gasteiger partial charge in [0.2, 0.25) is 0 Å². The maximum absolute atomic E-state index is 11.9. The number of hydrogen-bond donors (Lipinski definition) is 0. The fraction of sp³-hybridized carbons (Fsp3) is 0.579. The van der Waals surface area contributed by atoms with E-state index in [0.717, 1.165) is 17.8 Å². The number of allylic oxidation sites excluding steroid dienone is 5. The van der Waals surface area contributed by atoms with E-state index in [1.165, 1.54) is 57.1 Å². The molecule has 0 aromatic rings. The lowest BCUT2D eigenvalue weighted by Crippen LogP contribution is -2.53. The first-order valence-corrected chi connectivity index (χ1v) is 8.83. The first kappa shape index (κ1) is 12.9. The molecule has 3 aliphatic carbocycles. The molecule has 114 valence electrons. The van der Waals surface area contributed by atoms with Gasteiger partial charge in [-0.2, -0.15) is 0 Å². The van der Waals surface area contributed by atoms with E-state index in [1.807, 2.05) is 12.2 Å². The second-order valence-electron chi connectivity index (χ2n) is 7.38. The smallest absolute Gasteiger partial charge is 0.180 e. The molecular weight excluding hydrogens is 272 g/mol. The van der Waals surface area contributed by atoms with Gasteiger partial charge in [-0.15, -0.1) is 0 Å². The van der Waals surface area contributed by atoms with Crippen LogP contribution in [-0.4, -0.2) is 22.1 Å². The van der Waals surface area contributed by atoms with Crippen molar-refractivity contribution in [2.24, 2.45) is 10.9 Å². The molecule has 2 atom stereocenters. The molecule has 1 spiro atoms. The van der Waals surface area contributed by atoms with Crippen molar-refractivity contribution >= 4 is 11.5 Å². The average molecular weight is 294 g/mol. The fourth-order valence-electron chi connectivity index (χ4n) is 5.28. The Labute approximate surface area is 131 Å². The lowest BCUT2D eigenvalue weighted by molar-refractivity contribution is -0.110. The predicted octanol–water partition coefficient (Wildman–Crippen LogP) is 3.88. The van der Waals surface area contributed by atoms with Crippen LogP contribution in [0.3, 0.4) is 0 Å². The van der Waals surface area contributed by atoms with Gasteiger partial charge in [-0.3, -0.25) is 9.79 Å². The third-order valence-electron chi connectivity index (χ3n) is 6.20. The molecule has 5 rings (SSSR count). The summed E-state index contributed by atoms with van der Waals surface area (Å²) in [5.41, 5.74) is 5.25. The standard InChI is InChI=1S/C19H22N2O/c22-15-8-9-16-18(12-15)21-17-7-2-1-5-13(17)11-14-6-3-4-10-19(14,21)20-16/h8-9,12,14H,1-7,10-11H2/t14-,19+/m1/s1. The van der Waals surface area contributed by atoms with Crippen molar-refractivity contribution in [3.05, 3.63) is 35.2 Å². The zero-order valence-electron chi connectivity index (χ0n) is 13.0. The molecule has 22 heavy (non-hydrogen) atoms. The summed E-state index contributed by atoms with van der Waals surface area (Å²) in [4.78, 5) is 19.7. The molecule has 0 aromatic carbocycles. The number of carbonyl (C=O) groups excluding carboxylic acids is 1. The molecule has 0 unspecified atom stereocenters. The van der Waals surface area contributed by atoms with Crippen LogP contribution < -0.4 is 0 Å². The molecule has 0 saturated heterocycles. The van der Waals surface area contributed by atoms with Gasteiger partial charge in [-0.1, -0.05) is 12.0 Å². The molecule has 3 heteroatoms. The molecule has 1 saturated carbocycles. The Morgan fingerprint density at radius 2 is 2.05 bits per heavy atom. The first-order valence-electron chi connectivity index (χ1n) is 8.83. The van der Waals surface area contributed by atoms with Crippen molar-refractivity contribution in [2.45, 2.75) is 63.5 Å². The summed E-state index contributed by atoms with van der Waals surface area (Å²) < 4.78 is 0. The van der Waals surface area contributed by atoms with Crippen LogP contribution in [0, 0.1) is 5.92 Å². The van der Waals surface area contributed by atoms with Crippen molar-refractivity contribution in [1.29, 1.82) is 0 Å². The summed E-state index contributed by atoms with van der Waals surface area (Å²) in [6.45, 7) is 0. The molecular formula is C19H22N2O. The fourth-order valence-corrected chi connectivity index (χ4v) is 5.28. The van der Waals surface area contributed by atoms with E-state index in [2.05, 4.69) is 4.90 Å². The third-order valence-corrected chi connectivity index (χ3v) is 6.20. The first-order chi connectivity index (χ1) is 10.8. The topological polar surface area (TPSA) is 32.7 Å². The van der Waals surface area contributed by atoms with E-state index in [0.29, 0.717) is 5.92 Å². The number of carbonyl (C=O) groups is 1. The van der Waals surface area contributed by atoms with Gasteiger partial charge in [-0.05, 0) is 63.5 Å². The third kappa shape index (κ3) is 1.57. The molecule has 0 bridgehead atoms. The molecule has 0 N–H and O–H groups in total. The van der Waals surface area contributed by atoms with Crippen LogP contribution in [0.1, 0.15) is 57.8 Å². The van der Waals surface area contributed by atoms with Gasteiger partial charge in [0, 0.05) is 17.7 Å². The van der Waals surface area contributed by atoms with Crippen LogP contribution in [0.2, 0.25) is 0 Å².